The predicted molar refractivity (Wildman–Crippen MR) is 83.0 cm³/mol. The van der Waals surface area contributed by atoms with Gasteiger partial charge in [0.1, 0.15) is 5.75 Å². The second kappa shape index (κ2) is 4.98. The number of fused-ring (bicyclic) bond motifs is 3. The van der Waals surface area contributed by atoms with Gasteiger partial charge in [0, 0.05) is 0 Å². The maximum Gasteiger partial charge on any atom is 0.309 e. The van der Waals surface area contributed by atoms with Gasteiger partial charge < -0.3 is 14.9 Å². The van der Waals surface area contributed by atoms with E-state index >= 15 is 0 Å². The molecule has 0 bridgehead atoms. The van der Waals surface area contributed by atoms with Crippen molar-refractivity contribution in [1.82, 2.24) is 0 Å². The molecule has 4 heteroatoms. The Morgan fingerprint density at radius 1 is 1.32 bits per heavy atom. The van der Waals surface area contributed by atoms with Crippen LogP contribution in [0.5, 0.6) is 5.75 Å². The zero-order valence-corrected chi connectivity index (χ0v) is 13.4. The third-order valence-electron chi connectivity index (χ3n) is 6.11. The van der Waals surface area contributed by atoms with Crippen LogP contribution in [0, 0.1) is 11.3 Å². The molecule has 2 N–H and O–H groups in total. The molecule has 0 amide bonds. The lowest BCUT2D eigenvalue weighted by atomic mass is 9.49. The number of aliphatic hydroxyl groups excluding tert-OH is 1. The molecule has 0 unspecified atom stereocenters. The standard InChI is InChI=1S/C18H24O4/c1-17-7-4-8-18(2,16(20)21)15(17)10-14(19)12-9-11(22-3)5-6-13(12)17/h5-6,9,14-15,19H,4,7-8,10H2,1-3H3,(H,20,21)/t14-,15-,17-,18+/m1/s1. The molecule has 0 saturated heterocycles. The van der Waals surface area contributed by atoms with Crippen LogP contribution < -0.4 is 4.74 Å². The first kappa shape index (κ1) is 15.3. The monoisotopic (exact) mass is 304 g/mol. The fourth-order valence-corrected chi connectivity index (χ4v) is 4.79. The van der Waals surface area contributed by atoms with Crippen molar-refractivity contribution in [1.29, 1.82) is 0 Å². The lowest BCUT2D eigenvalue weighted by Crippen LogP contribution is -2.53. The van der Waals surface area contributed by atoms with Gasteiger partial charge in [-0.2, -0.15) is 0 Å². The van der Waals surface area contributed by atoms with Crippen molar-refractivity contribution in [3.8, 4) is 5.75 Å². The molecule has 0 heterocycles. The summed E-state index contributed by atoms with van der Waals surface area (Å²) in [7, 11) is 1.61. The van der Waals surface area contributed by atoms with Gasteiger partial charge in [-0.3, -0.25) is 4.79 Å². The van der Waals surface area contributed by atoms with Gasteiger partial charge in [-0.15, -0.1) is 0 Å². The number of rotatable bonds is 2. The number of hydrogen-bond acceptors (Lipinski definition) is 3. The van der Waals surface area contributed by atoms with Crippen LogP contribution in [0.3, 0.4) is 0 Å². The zero-order chi connectivity index (χ0) is 16.1. The molecule has 2 aliphatic carbocycles. The third kappa shape index (κ3) is 1.97. The molecule has 1 saturated carbocycles. The van der Waals surface area contributed by atoms with E-state index in [9.17, 15) is 15.0 Å². The van der Waals surface area contributed by atoms with Crippen molar-refractivity contribution in [2.24, 2.45) is 11.3 Å². The van der Waals surface area contributed by atoms with Crippen molar-refractivity contribution in [2.75, 3.05) is 7.11 Å². The van der Waals surface area contributed by atoms with E-state index in [1.54, 1.807) is 7.11 Å². The van der Waals surface area contributed by atoms with Crippen molar-refractivity contribution in [2.45, 2.75) is 51.0 Å². The van der Waals surface area contributed by atoms with Crippen LogP contribution in [0.2, 0.25) is 0 Å². The molecule has 1 fully saturated rings. The van der Waals surface area contributed by atoms with E-state index < -0.39 is 17.5 Å². The normalized spacial score (nSPS) is 37.1. The Morgan fingerprint density at radius 3 is 2.68 bits per heavy atom. The molecule has 0 spiro atoms. The van der Waals surface area contributed by atoms with Crippen molar-refractivity contribution >= 4 is 5.97 Å². The summed E-state index contributed by atoms with van der Waals surface area (Å²) in [5.41, 5.74) is 1.01. The quantitative estimate of drug-likeness (QED) is 0.880. The zero-order valence-electron chi connectivity index (χ0n) is 13.4. The fourth-order valence-electron chi connectivity index (χ4n) is 4.79. The highest BCUT2D eigenvalue weighted by Gasteiger charge is 2.56. The van der Waals surface area contributed by atoms with E-state index in [-0.39, 0.29) is 11.3 Å². The summed E-state index contributed by atoms with van der Waals surface area (Å²) >= 11 is 0. The van der Waals surface area contributed by atoms with Gasteiger partial charge in [0.15, 0.2) is 0 Å². The second-order valence-electron chi connectivity index (χ2n) is 7.25. The summed E-state index contributed by atoms with van der Waals surface area (Å²) in [4.78, 5) is 11.9. The molecule has 3 rings (SSSR count). The van der Waals surface area contributed by atoms with Gasteiger partial charge >= 0.3 is 5.97 Å². The fraction of sp³-hybridized carbons (Fsp3) is 0.611. The van der Waals surface area contributed by atoms with E-state index in [2.05, 4.69) is 6.92 Å². The van der Waals surface area contributed by atoms with Gasteiger partial charge in [0.25, 0.3) is 0 Å². The van der Waals surface area contributed by atoms with Crippen LogP contribution >= 0.6 is 0 Å². The highest BCUT2D eigenvalue weighted by molar-refractivity contribution is 5.75. The van der Waals surface area contributed by atoms with Gasteiger partial charge in [-0.05, 0) is 60.8 Å². The SMILES string of the molecule is COc1ccc2c(c1)[C@H](O)C[C@H]1[C@@](C)(C(=O)O)CCC[C@]21C. The van der Waals surface area contributed by atoms with Crippen LogP contribution in [0.15, 0.2) is 18.2 Å². The number of hydrogen-bond donors (Lipinski definition) is 2. The molecule has 120 valence electrons. The summed E-state index contributed by atoms with van der Waals surface area (Å²) in [6.45, 7) is 4.01. The molecule has 1 aromatic rings. The van der Waals surface area contributed by atoms with Gasteiger partial charge in [-0.1, -0.05) is 19.4 Å². The number of carboxylic acid groups (broad SMARTS) is 1. The lowest BCUT2D eigenvalue weighted by molar-refractivity contribution is -0.159. The highest BCUT2D eigenvalue weighted by Crippen LogP contribution is 2.59. The van der Waals surface area contributed by atoms with Crippen LogP contribution in [-0.2, 0) is 10.2 Å². The largest absolute Gasteiger partial charge is 0.497 e. The van der Waals surface area contributed by atoms with Crippen LogP contribution in [-0.4, -0.2) is 23.3 Å². The first-order valence-electron chi connectivity index (χ1n) is 7.93. The van der Waals surface area contributed by atoms with Crippen LogP contribution in [0.1, 0.15) is 56.8 Å². The van der Waals surface area contributed by atoms with Crippen LogP contribution in [0.4, 0.5) is 0 Å². The Bertz CT molecular complexity index is 611. The Labute approximate surface area is 131 Å². The van der Waals surface area contributed by atoms with Crippen molar-refractivity contribution in [3.05, 3.63) is 29.3 Å². The minimum absolute atomic E-state index is 0.0536. The van der Waals surface area contributed by atoms with Gasteiger partial charge in [-0.25, -0.2) is 0 Å². The average molecular weight is 304 g/mol. The van der Waals surface area contributed by atoms with E-state index in [4.69, 9.17) is 4.74 Å². The maximum atomic E-state index is 11.9. The second-order valence-corrected chi connectivity index (χ2v) is 7.25. The third-order valence-corrected chi connectivity index (χ3v) is 6.11. The summed E-state index contributed by atoms with van der Waals surface area (Å²) < 4.78 is 5.27. The number of methoxy groups -OCH3 is 1. The summed E-state index contributed by atoms with van der Waals surface area (Å²) in [6.07, 6.45) is 2.42. The summed E-state index contributed by atoms with van der Waals surface area (Å²) in [5, 5.41) is 20.4. The van der Waals surface area contributed by atoms with E-state index in [1.165, 1.54) is 0 Å². The minimum atomic E-state index is -0.772. The molecule has 0 aliphatic heterocycles. The molecule has 0 radical (unpaired) electrons. The summed E-state index contributed by atoms with van der Waals surface area (Å²) in [6, 6.07) is 5.82. The Hall–Kier alpha value is -1.55. The number of aliphatic carboxylic acids is 1. The van der Waals surface area contributed by atoms with Crippen molar-refractivity contribution < 1.29 is 19.7 Å². The van der Waals surface area contributed by atoms with E-state index in [0.29, 0.717) is 12.8 Å². The predicted octanol–water partition coefficient (Wildman–Crippen LogP) is 3.28. The number of benzene rings is 1. The molecule has 2 aliphatic rings. The Morgan fingerprint density at radius 2 is 2.05 bits per heavy atom. The van der Waals surface area contributed by atoms with Gasteiger partial charge in [0.05, 0.1) is 18.6 Å². The Balaban J connectivity index is 2.14. The number of aliphatic hydroxyl groups is 1. The minimum Gasteiger partial charge on any atom is -0.497 e. The molecular weight excluding hydrogens is 280 g/mol. The molecule has 4 nitrogen and oxygen atoms in total. The summed E-state index contributed by atoms with van der Waals surface area (Å²) in [5.74, 6) is -0.0635. The first-order chi connectivity index (χ1) is 10.3. The average Bonchev–Trinajstić information content (AvgIpc) is 2.49. The molecule has 22 heavy (non-hydrogen) atoms. The topological polar surface area (TPSA) is 66.8 Å². The molecule has 0 aromatic heterocycles. The van der Waals surface area contributed by atoms with Crippen LogP contribution in [0.25, 0.3) is 0 Å². The number of carbonyl (C=O) groups is 1. The smallest absolute Gasteiger partial charge is 0.309 e. The Kier molecular flexibility index (Phi) is 3.48. The lowest BCUT2D eigenvalue weighted by Gasteiger charge is -2.54. The number of carboxylic acids is 1. The van der Waals surface area contributed by atoms with E-state index in [1.807, 2.05) is 25.1 Å². The number of ether oxygens (including phenoxy) is 1. The highest BCUT2D eigenvalue weighted by atomic mass is 16.5. The van der Waals surface area contributed by atoms with E-state index in [0.717, 1.165) is 29.7 Å². The maximum absolute atomic E-state index is 11.9. The first-order valence-corrected chi connectivity index (χ1v) is 7.93. The molecule has 4 atom stereocenters. The molecule has 1 aromatic carbocycles. The van der Waals surface area contributed by atoms with Crippen molar-refractivity contribution in [3.63, 3.8) is 0 Å². The van der Waals surface area contributed by atoms with Gasteiger partial charge in [0.2, 0.25) is 0 Å². The molecular formula is C18H24O4.